The molecule has 14 unspecified atom stereocenters. The second-order valence-electron chi connectivity index (χ2n) is 44.1. The molecule has 0 bridgehead atoms. The molecule has 3 N–H and O–H groups in total. The summed E-state index contributed by atoms with van der Waals surface area (Å²) < 4.78 is 15.9. The van der Waals surface area contributed by atoms with Gasteiger partial charge in [-0.15, -0.1) is 0 Å². The van der Waals surface area contributed by atoms with Gasteiger partial charge in [-0.1, -0.05) is 306 Å². The Morgan fingerprint density at radius 2 is 0.724 bits per heavy atom. The molecule has 0 heterocycles. The number of rotatable bonds is 14. The van der Waals surface area contributed by atoms with E-state index < -0.39 is 0 Å². The van der Waals surface area contributed by atoms with Crippen molar-refractivity contribution < 1.29 is 19.9 Å². The molecule has 0 saturated heterocycles. The minimum Gasteiger partial charge on any atom is -0.508 e. The summed E-state index contributed by atoms with van der Waals surface area (Å²) in [6, 6.07) is 31.7. The molecule has 0 amide bonds. The topological polar surface area (TPSA) is 85.4 Å². The molecule has 0 spiro atoms. The van der Waals surface area contributed by atoms with E-state index in [2.05, 4.69) is 348 Å². The van der Waals surface area contributed by atoms with Crippen molar-refractivity contribution in [1.29, 1.82) is 0 Å². The fraction of sp³-hybridized carbons (Fsp3) is 0.632. The number of phenolic OH excluding ortho intramolecular Hbond substituents is 1. The van der Waals surface area contributed by atoms with Crippen molar-refractivity contribution in [3.05, 3.63) is 225 Å². The van der Waals surface area contributed by atoms with Crippen LogP contribution in [0.3, 0.4) is 0 Å². The summed E-state index contributed by atoms with van der Waals surface area (Å²) in [6.07, 6.45) is 31.8. The Balaban J connectivity index is 0.000000178. The third-order valence-corrected chi connectivity index (χ3v) is 32.6. The number of fused-ring (bicyclic) bond motifs is 7. The van der Waals surface area contributed by atoms with E-state index in [9.17, 15) is 9.50 Å². The summed E-state index contributed by atoms with van der Waals surface area (Å²) in [4.78, 5) is 0. The van der Waals surface area contributed by atoms with E-state index >= 15 is 0 Å². The number of aromatic hydroxyl groups is 1. The van der Waals surface area contributed by atoms with Crippen molar-refractivity contribution in [2.75, 3.05) is 0 Å². The molecule has 1 fully saturated rings. The molecule has 1 saturated carbocycles. The number of aryl methyl sites for hydroxylation is 5. The van der Waals surface area contributed by atoms with Crippen LogP contribution in [-0.4, -0.2) is 26.9 Å². The number of phenols is 1. The van der Waals surface area contributed by atoms with Crippen LogP contribution >= 0.6 is 50.1 Å². The van der Waals surface area contributed by atoms with E-state index in [0.717, 1.165) is 113 Å². The van der Waals surface area contributed by atoms with Crippen LogP contribution in [0.4, 0.5) is 4.39 Å². The smallest absolute Gasteiger partial charge is 0.123 e. The van der Waals surface area contributed by atoms with Crippen molar-refractivity contribution in [2.24, 2.45) is 157 Å². The van der Waals surface area contributed by atoms with Gasteiger partial charge in [0.1, 0.15) is 23.0 Å². The second-order valence-corrected chi connectivity index (χ2v) is 46.7. The molecule has 123 heavy (non-hydrogen) atoms. The maximum absolute atomic E-state index is 13.3. The van der Waals surface area contributed by atoms with Gasteiger partial charge in [-0.25, -0.2) is 4.39 Å². The zero-order chi connectivity index (χ0) is 91.3. The van der Waals surface area contributed by atoms with Gasteiger partial charge >= 0.3 is 0 Å². The van der Waals surface area contributed by atoms with E-state index in [4.69, 9.17) is 22.0 Å². The van der Waals surface area contributed by atoms with E-state index in [0.29, 0.717) is 94.1 Å². The van der Waals surface area contributed by atoms with E-state index in [-0.39, 0.29) is 16.6 Å². The third kappa shape index (κ3) is 25.3. The Morgan fingerprint density at radius 1 is 0.374 bits per heavy atom. The average molecular weight is 1880 g/mol. The number of nitrogens with zero attached hydrogens (tertiary/aromatic N) is 2. The van der Waals surface area contributed by atoms with Gasteiger partial charge in [0.05, 0.1) is 0 Å². The van der Waals surface area contributed by atoms with Crippen molar-refractivity contribution in [3.63, 3.8) is 0 Å². The molecule has 0 aromatic heterocycles. The Labute approximate surface area is 778 Å². The maximum atomic E-state index is 13.3. The fourth-order valence-electron chi connectivity index (χ4n) is 25.4. The van der Waals surface area contributed by atoms with Crippen molar-refractivity contribution >= 4 is 61.5 Å². The lowest BCUT2D eigenvalue weighted by Gasteiger charge is -2.51. The number of hydrogen-bond donors (Lipinski definition) is 3. The van der Waals surface area contributed by atoms with Crippen molar-refractivity contribution in [3.8, 4) is 5.75 Å². The highest BCUT2D eigenvalue weighted by molar-refractivity contribution is 14.1. The van der Waals surface area contributed by atoms with Crippen molar-refractivity contribution in [2.45, 2.75) is 314 Å². The third-order valence-electron chi connectivity index (χ3n) is 31.2. The van der Waals surface area contributed by atoms with Gasteiger partial charge in [0.2, 0.25) is 0 Å². The zero-order valence-corrected chi connectivity index (χ0v) is 86.7. The number of halogens is 4. The van der Waals surface area contributed by atoms with E-state index in [1.54, 1.807) is 39.9 Å². The van der Waals surface area contributed by atoms with Crippen LogP contribution in [0.15, 0.2) is 166 Å². The van der Waals surface area contributed by atoms with Crippen LogP contribution in [0.2, 0.25) is 5.02 Å². The minimum atomic E-state index is -0.0887. The SMILES string of the molecule is CC(C)C1C=CC2=C/C(=N\O)C=C[C@]2(C)C1C(C)C.CC(C)C1CCC2=C/C(=N\O)C=C[C@]2(C)C1C(C)C.CC(C)C1CCc2cc(Br)ccc2C1C(C)C.CC(C)C1CCc2cc(Cl)ccc2C1C(C)C.CC(C)C1CCc2cc(F)ccc2C1C(C)C.CC(C)C1CCc2cc(I)ccc2C1C(C)C.CC(C)C1CCc2cc(O)ccc2C1C(C)C. The fourth-order valence-corrected chi connectivity index (χ4v) is 26.6. The normalized spacial score (nSPS) is 27.9. The Hall–Kier alpha value is -5.03. The number of benzene rings is 5. The lowest BCUT2D eigenvalue weighted by atomic mass is 9.53. The number of allylic oxidation sites excluding steroid dienone is 10. The highest BCUT2D eigenvalue weighted by Crippen LogP contribution is 2.57. The summed E-state index contributed by atoms with van der Waals surface area (Å²) in [6.45, 7) is 70.3. The lowest BCUT2D eigenvalue weighted by Crippen LogP contribution is -2.43. The summed E-state index contributed by atoms with van der Waals surface area (Å²) >= 11 is 12.1. The molecular formula is C114H168BrClFIN2O3. The molecule has 5 aromatic carbocycles. The van der Waals surface area contributed by atoms with Crippen LogP contribution in [0.1, 0.15) is 338 Å². The van der Waals surface area contributed by atoms with Crippen molar-refractivity contribution in [1.82, 2.24) is 0 Å². The summed E-state index contributed by atoms with van der Waals surface area (Å²) in [5.74, 6) is 20.4. The molecule has 9 heteroatoms. The molecule has 9 aliphatic carbocycles. The molecule has 5 aromatic rings. The highest BCUT2D eigenvalue weighted by Gasteiger charge is 2.48. The minimum absolute atomic E-state index is 0.0477. The molecule has 16 atom stereocenters. The first kappa shape index (κ1) is 103. The Bertz CT molecular complexity index is 3990. The molecule has 14 rings (SSSR count). The van der Waals surface area contributed by atoms with Gasteiger partial charge in [-0.05, 0) is 412 Å². The van der Waals surface area contributed by atoms with Crippen LogP contribution < -0.4 is 0 Å². The van der Waals surface area contributed by atoms with Gasteiger partial charge in [0.15, 0.2) is 0 Å². The summed E-state index contributed by atoms with van der Waals surface area (Å²) in [7, 11) is 0. The first-order valence-corrected chi connectivity index (χ1v) is 51.0. The maximum Gasteiger partial charge on any atom is 0.123 e. The zero-order valence-electron chi connectivity index (χ0n) is 82.2. The van der Waals surface area contributed by atoms with Crippen LogP contribution in [0.25, 0.3) is 0 Å². The molecule has 5 nitrogen and oxygen atoms in total. The predicted molar refractivity (Wildman–Crippen MR) is 541 cm³/mol. The van der Waals surface area contributed by atoms with Crippen LogP contribution in [-0.2, 0) is 32.1 Å². The summed E-state index contributed by atoms with van der Waals surface area (Å²) in [5, 5.41) is 35.1. The standard InChI is InChI=1S/C17H27NO.C17H25NO.C16H23Br.C16H23Cl.C16H23F.C16H23I.C16H24O/c2*1-11(2)15-7-6-13-10-14(18-19)8-9-17(13,5)16(15)12(3)4;5*1-10(2)14-7-5-12-9-13(17)6-8-15(12)16(14)11(3)4/h8-12,15-16,19H,6-7H2,1-5H3;6-12,15-16,19H,1-5H3;4*6,8-11,14,16H,5,7H2,1-4H3;6,8-11,14,16-17H,5,7H2,1-4H3/b2*18-14-;;;;;/t2*15?,16?,17-;;;;;/m00...../s1. The van der Waals surface area contributed by atoms with Gasteiger partial charge in [0, 0.05) is 23.9 Å². The van der Waals surface area contributed by atoms with Crippen LogP contribution in [0.5, 0.6) is 5.75 Å². The predicted octanol–water partition coefficient (Wildman–Crippen LogP) is 34.2. The van der Waals surface area contributed by atoms with Gasteiger partial charge in [0.25, 0.3) is 0 Å². The average Bonchev–Trinajstić information content (AvgIpc) is 0.747. The van der Waals surface area contributed by atoms with E-state index in [1.165, 1.54) is 105 Å². The first-order chi connectivity index (χ1) is 57.8. The molecule has 9 aliphatic rings. The van der Waals surface area contributed by atoms with E-state index in [1.807, 2.05) is 36.4 Å². The number of hydrogen-bond acceptors (Lipinski definition) is 5. The first-order valence-electron chi connectivity index (χ1n) is 48.7. The number of oxime groups is 2. The highest BCUT2D eigenvalue weighted by atomic mass is 127. The largest absolute Gasteiger partial charge is 0.508 e. The molecule has 0 radical (unpaired) electrons. The quantitative estimate of drug-likeness (QED) is 0.0588. The van der Waals surface area contributed by atoms with Gasteiger partial charge < -0.3 is 15.5 Å². The molecular weight excluding hydrogens is 1710 g/mol. The van der Waals surface area contributed by atoms with Gasteiger partial charge in [-0.2, -0.15) is 0 Å². The molecule has 680 valence electrons. The van der Waals surface area contributed by atoms with Crippen LogP contribution in [0, 0.1) is 156 Å². The second kappa shape index (κ2) is 46.0. The monoisotopic (exact) mass is 1870 g/mol. The van der Waals surface area contributed by atoms with Gasteiger partial charge in [-0.3, -0.25) is 0 Å². The summed E-state index contributed by atoms with van der Waals surface area (Å²) in [5.41, 5.74) is 19.1. The Kier molecular flexibility index (Phi) is 38.6. The lowest BCUT2D eigenvalue weighted by molar-refractivity contribution is 0.0731. The Morgan fingerprint density at radius 3 is 1.12 bits per heavy atom. The molecule has 0 aliphatic heterocycles.